The molecule has 17 heteroatoms. The minimum absolute atomic E-state index is 0.0299. The van der Waals surface area contributed by atoms with Crippen molar-refractivity contribution in [3.05, 3.63) is 88.5 Å². The lowest BCUT2D eigenvalue weighted by Gasteiger charge is -2.11. The number of ether oxygens (including phenoxy) is 4. The van der Waals surface area contributed by atoms with Crippen molar-refractivity contribution in [3.8, 4) is 0 Å². The molecule has 3 rings (SSSR count). The van der Waals surface area contributed by atoms with Crippen molar-refractivity contribution in [2.24, 2.45) is 20.5 Å². The number of anilines is 1. The van der Waals surface area contributed by atoms with E-state index in [1.54, 1.807) is 0 Å². The number of azo groups is 2. The van der Waals surface area contributed by atoms with Gasteiger partial charge in [0, 0.05) is 12.1 Å². The van der Waals surface area contributed by atoms with Gasteiger partial charge < -0.3 is 24.3 Å². The first-order valence-corrected chi connectivity index (χ1v) is 15.1. The van der Waals surface area contributed by atoms with Gasteiger partial charge in [-0.05, 0) is 67.9 Å². The number of benzene rings is 3. The summed E-state index contributed by atoms with van der Waals surface area (Å²) in [6, 6.07) is 10.2. The number of esters is 4. The molecule has 1 N–H and O–H groups in total. The monoisotopic (exact) mass is 715 g/mol. The third kappa shape index (κ3) is 10.1. The summed E-state index contributed by atoms with van der Waals surface area (Å²) in [4.78, 5) is 99.3. The summed E-state index contributed by atoms with van der Waals surface area (Å²) in [5, 5.41) is 18.0. The predicted molar refractivity (Wildman–Crippen MR) is 180 cm³/mol. The van der Waals surface area contributed by atoms with Gasteiger partial charge in [-0.2, -0.15) is 20.5 Å². The summed E-state index contributed by atoms with van der Waals surface area (Å²) in [6.45, 7) is 2.25. The molecule has 2 atom stereocenters. The van der Waals surface area contributed by atoms with E-state index in [1.165, 1.54) is 67.8 Å². The van der Waals surface area contributed by atoms with Gasteiger partial charge in [-0.25, -0.2) is 19.2 Å². The van der Waals surface area contributed by atoms with E-state index in [9.17, 15) is 38.4 Å². The number of hydrogen-bond acceptors (Lipinski definition) is 16. The highest BCUT2D eigenvalue weighted by Gasteiger charge is 2.26. The summed E-state index contributed by atoms with van der Waals surface area (Å²) in [6.07, 6.45) is -0.277. The summed E-state index contributed by atoms with van der Waals surface area (Å²) < 4.78 is 18.8. The molecule has 0 aromatic heterocycles. The summed E-state index contributed by atoms with van der Waals surface area (Å²) in [5.41, 5.74) is 0.281. The number of carbonyl (C=O) groups excluding carboxylic acids is 8. The first-order valence-electron chi connectivity index (χ1n) is 15.1. The van der Waals surface area contributed by atoms with Crippen molar-refractivity contribution in [2.45, 2.75) is 32.4 Å². The average molecular weight is 716 g/mol. The van der Waals surface area contributed by atoms with Gasteiger partial charge in [-0.15, -0.1) is 0 Å². The third-order valence-electron chi connectivity index (χ3n) is 7.13. The molecule has 0 saturated carbocycles. The fourth-order valence-electron chi connectivity index (χ4n) is 4.43. The highest BCUT2D eigenvalue weighted by atomic mass is 16.5. The van der Waals surface area contributed by atoms with Gasteiger partial charge in [0.15, 0.2) is 23.4 Å². The van der Waals surface area contributed by atoms with Crippen LogP contribution in [0, 0.1) is 0 Å². The van der Waals surface area contributed by atoms with Crippen molar-refractivity contribution in [1.82, 2.24) is 0 Å². The third-order valence-corrected chi connectivity index (χ3v) is 7.13. The van der Waals surface area contributed by atoms with Crippen LogP contribution in [-0.4, -0.2) is 87.7 Å². The second-order valence-electron chi connectivity index (χ2n) is 10.7. The van der Waals surface area contributed by atoms with Crippen LogP contribution >= 0.6 is 0 Å². The van der Waals surface area contributed by atoms with Crippen LogP contribution in [0.4, 0.5) is 17.1 Å². The second kappa shape index (κ2) is 18.3. The fourth-order valence-corrected chi connectivity index (χ4v) is 4.43. The lowest BCUT2D eigenvalue weighted by Crippen LogP contribution is -2.31. The van der Waals surface area contributed by atoms with Gasteiger partial charge in [0.1, 0.15) is 11.4 Å². The Morgan fingerprint density at radius 3 is 1.40 bits per heavy atom. The Labute approximate surface area is 296 Å². The molecule has 3 aromatic rings. The Hall–Kier alpha value is -6.78. The predicted octanol–water partition coefficient (Wildman–Crippen LogP) is 4.37. The van der Waals surface area contributed by atoms with E-state index < -0.39 is 59.2 Å². The quantitative estimate of drug-likeness (QED) is 0.1000. The van der Waals surface area contributed by atoms with E-state index in [2.05, 4.69) is 35.2 Å². The zero-order valence-corrected chi connectivity index (χ0v) is 28.8. The van der Waals surface area contributed by atoms with Gasteiger partial charge in [-0.3, -0.25) is 19.2 Å². The average Bonchev–Trinajstić information content (AvgIpc) is 3.13. The van der Waals surface area contributed by atoms with Crippen LogP contribution < -0.4 is 5.32 Å². The second-order valence-corrected chi connectivity index (χ2v) is 10.7. The molecular weight excluding hydrogens is 682 g/mol. The van der Waals surface area contributed by atoms with Crippen LogP contribution in [0.5, 0.6) is 0 Å². The smallest absolute Gasteiger partial charge is 0.340 e. The highest BCUT2D eigenvalue weighted by molar-refractivity contribution is 6.10. The molecule has 3 aromatic carbocycles. The Morgan fingerprint density at radius 1 is 0.577 bits per heavy atom. The lowest BCUT2D eigenvalue weighted by molar-refractivity contribution is -0.128. The number of amides is 1. The van der Waals surface area contributed by atoms with E-state index in [1.807, 2.05) is 0 Å². The van der Waals surface area contributed by atoms with Gasteiger partial charge in [-0.1, -0.05) is 12.1 Å². The minimum atomic E-state index is -1.65. The molecule has 0 fully saturated rings. The van der Waals surface area contributed by atoms with Gasteiger partial charge in [0.2, 0.25) is 6.04 Å². The lowest BCUT2D eigenvalue weighted by atomic mass is 10.0. The van der Waals surface area contributed by atoms with Crippen molar-refractivity contribution < 1.29 is 57.3 Å². The van der Waals surface area contributed by atoms with E-state index >= 15 is 0 Å². The zero-order chi connectivity index (χ0) is 38.5. The molecule has 0 saturated heterocycles. The largest absolute Gasteiger partial charge is 0.465 e. The maximum Gasteiger partial charge on any atom is 0.340 e. The molecule has 270 valence electrons. The summed E-state index contributed by atoms with van der Waals surface area (Å²) in [7, 11) is 4.60. The molecule has 0 aliphatic heterocycles. The summed E-state index contributed by atoms with van der Waals surface area (Å²) >= 11 is 0. The molecular formula is C35H33N5O12. The summed E-state index contributed by atoms with van der Waals surface area (Å²) in [5.74, 6) is -5.88. The standard InChI is InChI=1S/C35H33N5O12/c1-18(41)29(39-37-26-16-21(32(45)49-3)9-13-24(26)34(47)51-5)28(43)15-20-7-11-23(12-8-20)36-31(44)30(19(2)42)40-38-27-17-22(33(46)50-4)10-14-25(27)35(48)52-6/h7-14,16-17,29-30H,15H2,1-6H3,(H,36,44). The van der Waals surface area contributed by atoms with Crippen LogP contribution in [0.2, 0.25) is 0 Å². The Bertz CT molecular complexity index is 1830. The first kappa shape index (κ1) is 39.7. The first-order chi connectivity index (χ1) is 24.7. The SMILES string of the molecule is COC(=O)c1ccc(C(=O)OC)c(N=NC(C(C)=O)C(=O)Cc2ccc(NC(=O)C(N=Nc3cc(C(=O)OC)ccc3C(=O)OC)C(C)=O)cc2)c1. The number of nitrogens with one attached hydrogen (secondary N) is 1. The van der Waals surface area contributed by atoms with Gasteiger partial charge in [0.25, 0.3) is 5.91 Å². The number of hydrogen-bond donors (Lipinski definition) is 1. The number of rotatable bonds is 15. The Morgan fingerprint density at radius 2 is 1.00 bits per heavy atom. The van der Waals surface area contributed by atoms with Crippen molar-refractivity contribution >= 4 is 64.2 Å². The van der Waals surface area contributed by atoms with E-state index in [0.29, 0.717) is 5.56 Å². The van der Waals surface area contributed by atoms with E-state index in [4.69, 9.17) is 9.47 Å². The van der Waals surface area contributed by atoms with Crippen LogP contribution in [0.15, 0.2) is 81.1 Å². The van der Waals surface area contributed by atoms with Crippen molar-refractivity contribution in [3.63, 3.8) is 0 Å². The molecule has 0 aliphatic carbocycles. The molecule has 1 amide bonds. The number of ketones is 3. The fraction of sp³-hybridized carbons (Fsp3) is 0.257. The molecule has 0 aliphatic rings. The van der Waals surface area contributed by atoms with Crippen LogP contribution in [0.1, 0.15) is 60.8 Å². The van der Waals surface area contributed by atoms with Crippen LogP contribution in [-0.2, 0) is 44.5 Å². The number of methoxy groups -OCH3 is 4. The molecule has 0 spiro atoms. The van der Waals surface area contributed by atoms with Gasteiger partial charge >= 0.3 is 23.9 Å². The van der Waals surface area contributed by atoms with Crippen LogP contribution in [0.25, 0.3) is 0 Å². The van der Waals surface area contributed by atoms with Crippen molar-refractivity contribution in [2.75, 3.05) is 33.8 Å². The molecule has 0 bridgehead atoms. The Kier molecular flexibility index (Phi) is 13.9. The van der Waals surface area contributed by atoms with E-state index in [-0.39, 0.29) is 45.7 Å². The topological polar surface area (TPSA) is 235 Å². The molecule has 17 nitrogen and oxygen atoms in total. The Balaban J connectivity index is 1.78. The molecule has 0 radical (unpaired) electrons. The minimum Gasteiger partial charge on any atom is -0.465 e. The maximum atomic E-state index is 13.1. The zero-order valence-electron chi connectivity index (χ0n) is 28.8. The molecule has 0 heterocycles. The molecule has 52 heavy (non-hydrogen) atoms. The molecule has 2 unspecified atom stereocenters. The number of Topliss-reactive ketones (excluding diaryl/α,β-unsaturated/α-hetero) is 3. The van der Waals surface area contributed by atoms with E-state index in [0.717, 1.165) is 35.2 Å². The van der Waals surface area contributed by atoms with Gasteiger partial charge in [0.05, 0.1) is 50.7 Å². The highest BCUT2D eigenvalue weighted by Crippen LogP contribution is 2.25. The normalized spacial score (nSPS) is 12.0. The number of nitrogens with zero attached hydrogens (tertiary/aromatic N) is 4. The number of carbonyl (C=O) groups is 8. The van der Waals surface area contributed by atoms with Crippen LogP contribution in [0.3, 0.4) is 0 Å². The van der Waals surface area contributed by atoms with Crippen molar-refractivity contribution in [1.29, 1.82) is 0 Å². The maximum absolute atomic E-state index is 13.1.